The Morgan fingerprint density at radius 1 is 0.282 bits per heavy atom. The number of benzene rings is 11. The Morgan fingerprint density at radius 2 is 0.718 bits per heavy atom. The molecule has 2 heteroatoms. The summed E-state index contributed by atoms with van der Waals surface area (Å²) in [7, 11) is 0. The minimum atomic E-state index is -0.0818. The van der Waals surface area contributed by atoms with Crippen molar-refractivity contribution in [2.24, 2.45) is 0 Å². The molecular formula is C69H47NO. The molecule has 0 bridgehead atoms. The molecular weight excluding hydrogens is 859 g/mol. The van der Waals surface area contributed by atoms with Crippen LogP contribution in [-0.4, -0.2) is 4.57 Å². The van der Waals surface area contributed by atoms with Crippen molar-refractivity contribution in [1.82, 2.24) is 4.57 Å². The normalized spacial score (nSPS) is 12.8. The standard InChI is InChI=1S/C69H47NO/c1-69(2)63-30-13-12-25-57(63)58-34-31-50(43-64(58)69)48-32-35-65-61(41-48)62-42-49(33-36-66(62)70(65)54-23-10-5-11-24-54)52-38-51(47-22-14-21-46(37-47)44-17-6-3-7-18-44)39-53(40-52)56-27-16-29-60-59-28-15-26-55(67(59)71-68(56)60)45-19-8-4-9-20-45/h3-43H,1-2H3. The maximum Gasteiger partial charge on any atom is 0.143 e. The molecule has 0 saturated heterocycles. The van der Waals surface area contributed by atoms with Gasteiger partial charge in [0.15, 0.2) is 0 Å². The summed E-state index contributed by atoms with van der Waals surface area (Å²) in [6.45, 7) is 4.72. The van der Waals surface area contributed by atoms with Gasteiger partial charge in [0.1, 0.15) is 11.2 Å². The highest BCUT2D eigenvalue weighted by atomic mass is 16.3. The molecule has 11 aromatic carbocycles. The second kappa shape index (κ2) is 16.1. The van der Waals surface area contributed by atoms with Crippen molar-refractivity contribution in [2.75, 3.05) is 0 Å². The van der Waals surface area contributed by atoms with Crippen LogP contribution in [0.3, 0.4) is 0 Å². The van der Waals surface area contributed by atoms with E-state index in [1.165, 1.54) is 66.3 Å². The molecule has 1 aliphatic rings. The number of hydrogen-bond donors (Lipinski definition) is 0. The van der Waals surface area contributed by atoms with Crippen molar-refractivity contribution in [1.29, 1.82) is 0 Å². The van der Waals surface area contributed by atoms with Gasteiger partial charge < -0.3 is 8.98 Å². The van der Waals surface area contributed by atoms with Gasteiger partial charge in [0, 0.05) is 43.8 Å². The first-order valence-electron chi connectivity index (χ1n) is 24.6. The summed E-state index contributed by atoms with van der Waals surface area (Å²) in [4.78, 5) is 0. The van der Waals surface area contributed by atoms with Gasteiger partial charge >= 0.3 is 0 Å². The fourth-order valence-corrected chi connectivity index (χ4v) is 11.6. The van der Waals surface area contributed by atoms with Crippen molar-refractivity contribution in [2.45, 2.75) is 19.3 Å². The van der Waals surface area contributed by atoms with E-state index in [1.54, 1.807) is 0 Å². The summed E-state index contributed by atoms with van der Waals surface area (Å²) in [5.41, 5.74) is 24.5. The fraction of sp³-hybridized carbons (Fsp3) is 0.0435. The highest BCUT2D eigenvalue weighted by molar-refractivity contribution is 6.14. The van der Waals surface area contributed by atoms with E-state index in [1.807, 2.05) is 0 Å². The molecule has 2 heterocycles. The van der Waals surface area contributed by atoms with Crippen molar-refractivity contribution in [3.05, 3.63) is 260 Å². The molecule has 0 saturated carbocycles. The Kier molecular flexibility index (Phi) is 9.28. The number of furan rings is 1. The Balaban J connectivity index is 0.972. The van der Waals surface area contributed by atoms with E-state index >= 15 is 0 Å². The first-order chi connectivity index (χ1) is 34.9. The van der Waals surface area contributed by atoms with Crippen LogP contribution in [0.5, 0.6) is 0 Å². The van der Waals surface area contributed by atoms with Crippen LogP contribution >= 0.6 is 0 Å². The van der Waals surface area contributed by atoms with E-state index in [9.17, 15) is 0 Å². The van der Waals surface area contributed by atoms with Crippen LogP contribution in [-0.2, 0) is 5.41 Å². The summed E-state index contributed by atoms with van der Waals surface area (Å²) in [6, 6.07) is 91.1. The highest BCUT2D eigenvalue weighted by Gasteiger charge is 2.35. The average Bonchev–Trinajstić information content (AvgIpc) is 4.06. The van der Waals surface area contributed by atoms with Crippen molar-refractivity contribution < 1.29 is 4.42 Å². The molecule has 0 aliphatic heterocycles. The quantitative estimate of drug-likeness (QED) is 0.156. The predicted octanol–water partition coefficient (Wildman–Crippen LogP) is 19.0. The monoisotopic (exact) mass is 905 g/mol. The van der Waals surface area contributed by atoms with E-state index in [2.05, 4.69) is 267 Å². The van der Waals surface area contributed by atoms with Gasteiger partial charge in [-0.15, -0.1) is 0 Å². The lowest BCUT2D eigenvalue weighted by Crippen LogP contribution is -2.14. The van der Waals surface area contributed by atoms with Crippen LogP contribution in [0.4, 0.5) is 0 Å². The summed E-state index contributed by atoms with van der Waals surface area (Å²) < 4.78 is 9.46. The number of fused-ring (bicyclic) bond motifs is 9. The maximum atomic E-state index is 7.04. The fourth-order valence-electron chi connectivity index (χ4n) is 11.6. The second-order valence-corrected chi connectivity index (χ2v) is 19.6. The van der Waals surface area contributed by atoms with Crippen LogP contribution in [0.1, 0.15) is 25.0 Å². The zero-order valence-electron chi connectivity index (χ0n) is 39.5. The molecule has 2 nitrogen and oxygen atoms in total. The summed E-state index contributed by atoms with van der Waals surface area (Å²) >= 11 is 0. The summed E-state index contributed by atoms with van der Waals surface area (Å²) in [6.07, 6.45) is 0. The number of rotatable bonds is 7. The summed E-state index contributed by atoms with van der Waals surface area (Å²) in [5.74, 6) is 0. The lowest BCUT2D eigenvalue weighted by Gasteiger charge is -2.22. The van der Waals surface area contributed by atoms with Crippen LogP contribution in [0, 0.1) is 0 Å². The van der Waals surface area contributed by atoms with E-state index in [0.717, 1.165) is 72.1 Å². The number of para-hydroxylation sites is 3. The maximum absolute atomic E-state index is 7.04. The van der Waals surface area contributed by atoms with Crippen molar-refractivity contribution in [3.63, 3.8) is 0 Å². The molecule has 0 spiro atoms. The van der Waals surface area contributed by atoms with E-state index in [4.69, 9.17) is 4.42 Å². The van der Waals surface area contributed by atoms with Gasteiger partial charge in [-0.3, -0.25) is 0 Å². The van der Waals surface area contributed by atoms with Crippen molar-refractivity contribution in [3.8, 4) is 83.6 Å². The zero-order valence-corrected chi connectivity index (χ0v) is 39.5. The number of nitrogens with zero attached hydrogens (tertiary/aromatic N) is 1. The van der Waals surface area contributed by atoms with Gasteiger partial charge in [-0.05, 0) is 145 Å². The third kappa shape index (κ3) is 6.63. The third-order valence-corrected chi connectivity index (χ3v) is 15.2. The first-order valence-corrected chi connectivity index (χ1v) is 24.6. The largest absolute Gasteiger partial charge is 0.455 e. The Labute approximate surface area is 413 Å². The molecule has 14 rings (SSSR count). The van der Waals surface area contributed by atoms with Gasteiger partial charge in [0.2, 0.25) is 0 Å². The van der Waals surface area contributed by atoms with Crippen LogP contribution in [0.15, 0.2) is 253 Å². The van der Waals surface area contributed by atoms with Gasteiger partial charge in [-0.2, -0.15) is 0 Å². The molecule has 71 heavy (non-hydrogen) atoms. The first kappa shape index (κ1) is 41.0. The van der Waals surface area contributed by atoms with E-state index in [0.29, 0.717) is 0 Å². The molecule has 1 aliphatic carbocycles. The highest BCUT2D eigenvalue weighted by Crippen LogP contribution is 2.50. The molecule has 13 aromatic rings. The van der Waals surface area contributed by atoms with E-state index in [-0.39, 0.29) is 5.41 Å². The minimum absolute atomic E-state index is 0.0818. The molecule has 2 aromatic heterocycles. The average molecular weight is 906 g/mol. The second-order valence-electron chi connectivity index (χ2n) is 19.6. The Bertz CT molecular complexity index is 4230. The third-order valence-electron chi connectivity index (χ3n) is 15.2. The molecule has 0 N–H and O–H groups in total. The Morgan fingerprint density at radius 3 is 1.38 bits per heavy atom. The topological polar surface area (TPSA) is 18.1 Å². The van der Waals surface area contributed by atoms with Gasteiger partial charge in [-0.1, -0.05) is 196 Å². The molecule has 0 radical (unpaired) electrons. The molecule has 0 fully saturated rings. The number of aromatic nitrogens is 1. The van der Waals surface area contributed by atoms with Crippen LogP contribution < -0.4 is 0 Å². The van der Waals surface area contributed by atoms with Gasteiger partial charge in [0.25, 0.3) is 0 Å². The molecule has 0 unspecified atom stereocenters. The number of hydrogen-bond acceptors (Lipinski definition) is 1. The summed E-state index contributed by atoms with van der Waals surface area (Å²) in [5, 5.41) is 4.65. The van der Waals surface area contributed by atoms with E-state index < -0.39 is 0 Å². The molecule has 334 valence electrons. The SMILES string of the molecule is CC1(C)c2ccccc2-c2ccc(-c3ccc4c(c3)c3cc(-c5cc(-c6cccc(-c7ccccc7)c6)cc(-c6cccc7c6oc6c(-c8ccccc8)cccc67)c5)ccc3n4-c3ccccc3)cc21. The van der Waals surface area contributed by atoms with Gasteiger partial charge in [0.05, 0.1) is 11.0 Å². The Hall–Kier alpha value is -8.98. The molecule has 0 amide bonds. The smallest absolute Gasteiger partial charge is 0.143 e. The lowest BCUT2D eigenvalue weighted by molar-refractivity contribution is 0.660. The van der Waals surface area contributed by atoms with Gasteiger partial charge in [-0.25, -0.2) is 0 Å². The van der Waals surface area contributed by atoms with Crippen LogP contribution in [0.2, 0.25) is 0 Å². The van der Waals surface area contributed by atoms with Crippen molar-refractivity contribution >= 4 is 43.7 Å². The van der Waals surface area contributed by atoms with Crippen LogP contribution in [0.25, 0.3) is 127 Å². The zero-order chi connectivity index (χ0) is 47.2. The minimum Gasteiger partial charge on any atom is -0.455 e. The molecule has 0 atom stereocenters. The lowest BCUT2D eigenvalue weighted by atomic mass is 9.81. The predicted molar refractivity (Wildman–Crippen MR) is 298 cm³/mol.